The molecule has 4 aromatic rings. The highest BCUT2D eigenvalue weighted by atomic mass is 32.2. The molecular weight excluding hydrogens is 550 g/mol. The van der Waals surface area contributed by atoms with Crippen molar-refractivity contribution in [3.05, 3.63) is 91.9 Å². The van der Waals surface area contributed by atoms with Crippen molar-refractivity contribution < 1.29 is 18.0 Å². The van der Waals surface area contributed by atoms with E-state index < -0.39 is 21.3 Å². The van der Waals surface area contributed by atoms with Crippen LogP contribution in [0.4, 0.5) is 0 Å². The van der Waals surface area contributed by atoms with Crippen molar-refractivity contribution in [2.75, 3.05) is 13.1 Å². The third-order valence-corrected chi connectivity index (χ3v) is 8.24. The molecule has 0 bridgehead atoms. The predicted octanol–water partition coefficient (Wildman–Crippen LogP) is -0.361. The minimum Gasteiger partial charge on any atom is -0.352 e. The van der Waals surface area contributed by atoms with Crippen LogP contribution in [0.2, 0.25) is 0 Å². The van der Waals surface area contributed by atoms with Crippen LogP contribution in [0.5, 0.6) is 0 Å². The van der Waals surface area contributed by atoms with Crippen LogP contribution in [0, 0.1) is 0 Å². The lowest BCUT2D eigenvalue weighted by Gasteiger charge is -2.29. The molecule has 0 unspecified atom stereocenters. The van der Waals surface area contributed by atoms with Gasteiger partial charge in [-0.15, -0.1) is 0 Å². The van der Waals surface area contributed by atoms with Gasteiger partial charge >= 0.3 is 5.69 Å². The van der Waals surface area contributed by atoms with Crippen LogP contribution in [0.25, 0.3) is 11.2 Å². The highest BCUT2D eigenvalue weighted by Crippen LogP contribution is 2.21. The molecule has 3 heterocycles. The largest absolute Gasteiger partial charge is 0.352 e. The first-order chi connectivity index (χ1) is 19.4. The van der Waals surface area contributed by atoms with E-state index in [9.17, 15) is 27.6 Å². The van der Waals surface area contributed by atoms with Crippen molar-refractivity contribution in [3.63, 3.8) is 0 Å². The normalized spacial score (nSPS) is 13.3. The first-order valence-electron chi connectivity index (χ1n) is 12.8. The monoisotopic (exact) mass is 579 g/mol. The van der Waals surface area contributed by atoms with Gasteiger partial charge in [-0.3, -0.25) is 23.5 Å². The standard InChI is InChI=1S/C27H29N7O6S/c1-31-24-23(26(37)32(2)27(31)38)34(16-30-24)15-22(35)33-12-10-18-5-6-19(13-20(18)14-33)25(36)29-11-9-17-3-7-21(8-4-17)41(28,39)40/h3-8,13,16H,9-12,14-15H2,1-2H3,(H,29,36)(H2,28,39,40). The van der Waals surface area contributed by atoms with Crippen LogP contribution >= 0.6 is 0 Å². The molecule has 0 fully saturated rings. The summed E-state index contributed by atoms with van der Waals surface area (Å²) >= 11 is 0. The van der Waals surface area contributed by atoms with E-state index >= 15 is 0 Å². The fourth-order valence-corrected chi connectivity index (χ4v) is 5.46. The summed E-state index contributed by atoms with van der Waals surface area (Å²) in [6.45, 7) is 1.04. The van der Waals surface area contributed by atoms with Crippen molar-refractivity contribution in [2.24, 2.45) is 19.2 Å². The maximum atomic E-state index is 13.2. The Balaban J connectivity index is 1.23. The second kappa shape index (κ2) is 10.8. The summed E-state index contributed by atoms with van der Waals surface area (Å²) in [4.78, 5) is 56.8. The Bertz CT molecular complexity index is 1910. The minimum atomic E-state index is -3.76. The van der Waals surface area contributed by atoms with Crippen LogP contribution in [-0.2, 0) is 54.8 Å². The molecule has 214 valence electrons. The second-order valence-electron chi connectivity index (χ2n) is 9.99. The summed E-state index contributed by atoms with van der Waals surface area (Å²) in [5.74, 6) is -0.474. The zero-order valence-electron chi connectivity index (χ0n) is 22.5. The maximum absolute atomic E-state index is 13.2. The van der Waals surface area contributed by atoms with Gasteiger partial charge in [0.05, 0.1) is 11.2 Å². The van der Waals surface area contributed by atoms with Gasteiger partial charge in [0.1, 0.15) is 6.54 Å². The molecule has 2 aromatic heterocycles. The van der Waals surface area contributed by atoms with Crippen molar-refractivity contribution in [2.45, 2.75) is 30.8 Å². The molecular formula is C27H29N7O6S. The molecule has 14 heteroatoms. The van der Waals surface area contributed by atoms with E-state index in [-0.39, 0.29) is 34.4 Å². The predicted molar refractivity (Wildman–Crippen MR) is 150 cm³/mol. The molecule has 1 aliphatic heterocycles. The summed E-state index contributed by atoms with van der Waals surface area (Å²) in [5.41, 5.74) is 2.61. The van der Waals surface area contributed by atoms with Crippen LogP contribution in [0.15, 0.2) is 63.3 Å². The zero-order chi connectivity index (χ0) is 29.5. The number of hydrogen-bond donors (Lipinski definition) is 2. The van der Waals surface area contributed by atoms with Gasteiger partial charge in [-0.05, 0) is 53.8 Å². The van der Waals surface area contributed by atoms with Gasteiger partial charge in [-0.25, -0.2) is 23.3 Å². The summed E-state index contributed by atoms with van der Waals surface area (Å²) in [5, 5.41) is 7.99. The minimum absolute atomic E-state index is 0.0291. The number of rotatable bonds is 7. The Hall–Kier alpha value is -4.56. The van der Waals surface area contributed by atoms with E-state index in [1.165, 1.54) is 41.7 Å². The number of nitrogens with two attached hydrogens (primary N) is 1. The van der Waals surface area contributed by atoms with Gasteiger partial charge in [0.25, 0.3) is 11.5 Å². The van der Waals surface area contributed by atoms with E-state index in [0.29, 0.717) is 38.0 Å². The number of carbonyl (C=O) groups excluding carboxylic acids is 2. The van der Waals surface area contributed by atoms with E-state index in [0.717, 1.165) is 21.3 Å². The number of nitrogens with zero attached hydrogens (tertiary/aromatic N) is 5. The van der Waals surface area contributed by atoms with Gasteiger partial charge in [-0.1, -0.05) is 18.2 Å². The summed E-state index contributed by atoms with van der Waals surface area (Å²) in [6.07, 6.45) is 2.51. The molecule has 0 radical (unpaired) electrons. The van der Waals surface area contributed by atoms with Gasteiger partial charge in [-0.2, -0.15) is 0 Å². The molecule has 2 aromatic carbocycles. The van der Waals surface area contributed by atoms with E-state index in [2.05, 4.69) is 10.3 Å². The number of amides is 2. The molecule has 0 spiro atoms. The summed E-state index contributed by atoms with van der Waals surface area (Å²) in [7, 11) is -0.856. The first-order valence-corrected chi connectivity index (χ1v) is 14.4. The second-order valence-corrected chi connectivity index (χ2v) is 11.6. The fourth-order valence-electron chi connectivity index (χ4n) is 4.94. The number of primary sulfonamides is 1. The molecule has 0 atom stereocenters. The van der Waals surface area contributed by atoms with Gasteiger partial charge in [0.15, 0.2) is 11.2 Å². The molecule has 0 saturated carbocycles. The lowest BCUT2D eigenvalue weighted by atomic mass is 9.97. The Morgan fingerprint density at radius 2 is 1.76 bits per heavy atom. The Morgan fingerprint density at radius 3 is 2.46 bits per heavy atom. The number of aryl methyl sites for hydroxylation is 1. The first kappa shape index (κ1) is 28.0. The molecule has 41 heavy (non-hydrogen) atoms. The maximum Gasteiger partial charge on any atom is 0.332 e. The molecule has 2 amide bonds. The number of imidazole rings is 1. The number of sulfonamides is 1. The summed E-state index contributed by atoms with van der Waals surface area (Å²) < 4.78 is 26.5. The van der Waals surface area contributed by atoms with Gasteiger partial charge in [0, 0.05) is 39.3 Å². The Kier molecular flexibility index (Phi) is 7.36. The number of fused-ring (bicyclic) bond motifs is 2. The molecule has 0 saturated heterocycles. The summed E-state index contributed by atoms with van der Waals surface area (Å²) in [6, 6.07) is 11.6. The van der Waals surface area contributed by atoms with Crippen molar-refractivity contribution in [3.8, 4) is 0 Å². The average Bonchev–Trinajstić information content (AvgIpc) is 3.37. The Labute approximate surface area is 234 Å². The van der Waals surface area contributed by atoms with Crippen LogP contribution in [0.3, 0.4) is 0 Å². The topological polar surface area (TPSA) is 171 Å². The van der Waals surface area contributed by atoms with Crippen molar-refractivity contribution in [1.82, 2.24) is 28.9 Å². The number of nitrogens with one attached hydrogen (secondary N) is 1. The average molecular weight is 580 g/mol. The number of aromatic nitrogens is 4. The number of hydrogen-bond acceptors (Lipinski definition) is 7. The van der Waals surface area contributed by atoms with E-state index in [1.807, 2.05) is 6.07 Å². The molecule has 13 nitrogen and oxygen atoms in total. The molecule has 3 N–H and O–H groups in total. The number of benzene rings is 2. The van der Waals surface area contributed by atoms with Crippen molar-refractivity contribution >= 4 is 33.0 Å². The lowest BCUT2D eigenvalue weighted by molar-refractivity contribution is -0.132. The van der Waals surface area contributed by atoms with Crippen molar-refractivity contribution in [1.29, 1.82) is 0 Å². The molecule has 0 aliphatic carbocycles. The third kappa shape index (κ3) is 5.56. The van der Waals surface area contributed by atoms with Gasteiger partial charge in [0.2, 0.25) is 15.9 Å². The third-order valence-electron chi connectivity index (χ3n) is 7.31. The van der Waals surface area contributed by atoms with Crippen LogP contribution in [0.1, 0.15) is 27.0 Å². The zero-order valence-corrected chi connectivity index (χ0v) is 23.3. The highest BCUT2D eigenvalue weighted by Gasteiger charge is 2.24. The highest BCUT2D eigenvalue weighted by molar-refractivity contribution is 7.89. The fraction of sp³-hybridized carbons (Fsp3) is 0.296. The van der Waals surface area contributed by atoms with Crippen LogP contribution < -0.4 is 21.7 Å². The SMILES string of the molecule is Cn1c(=O)c2c(ncn2CC(=O)N2CCc3ccc(C(=O)NCCc4ccc(S(N)(=O)=O)cc4)cc3C2)n(C)c1=O. The van der Waals surface area contributed by atoms with Gasteiger partial charge < -0.3 is 14.8 Å². The Morgan fingerprint density at radius 1 is 1.02 bits per heavy atom. The molecule has 1 aliphatic rings. The van der Waals surface area contributed by atoms with E-state index in [1.54, 1.807) is 29.2 Å². The molecule has 5 rings (SSSR count). The van der Waals surface area contributed by atoms with E-state index in [4.69, 9.17) is 5.14 Å². The number of carbonyl (C=O) groups is 2. The smallest absolute Gasteiger partial charge is 0.332 e. The lowest BCUT2D eigenvalue weighted by Crippen LogP contribution is -2.40. The quantitative estimate of drug-likeness (QED) is 0.301. The van der Waals surface area contributed by atoms with Crippen LogP contribution in [-0.4, -0.2) is 56.9 Å².